The summed E-state index contributed by atoms with van der Waals surface area (Å²) in [6, 6.07) is 10.5. The van der Waals surface area contributed by atoms with Crippen molar-refractivity contribution in [3.63, 3.8) is 0 Å². The van der Waals surface area contributed by atoms with Crippen LogP contribution in [0.3, 0.4) is 0 Å². The largest absolute Gasteiger partial charge is 0.507 e. The van der Waals surface area contributed by atoms with Gasteiger partial charge in [-0.25, -0.2) is 0 Å². The van der Waals surface area contributed by atoms with E-state index in [1.54, 1.807) is 18.2 Å². The standard InChI is InChI=1S/C18H14O4/c19-14(9-8-12-5-2-1-3-6-12)17-16(21)11-15(20)13-7-4-10-22-18(13)17/h1-9,11,20-21H,10H2. The monoisotopic (exact) mass is 294 g/mol. The first kappa shape index (κ1) is 13.9. The fourth-order valence-corrected chi connectivity index (χ4v) is 2.31. The molecule has 0 saturated heterocycles. The zero-order chi connectivity index (χ0) is 15.5. The fraction of sp³-hybridized carbons (Fsp3) is 0.0556. The lowest BCUT2D eigenvalue weighted by atomic mass is 10.0. The molecule has 0 radical (unpaired) electrons. The first-order valence-electron chi connectivity index (χ1n) is 6.82. The SMILES string of the molecule is O=C(C=Cc1ccccc1)c1c(O)cc(O)c2c1OCC=C2. The summed E-state index contributed by atoms with van der Waals surface area (Å²) in [5, 5.41) is 19.8. The number of phenols is 2. The number of fused-ring (bicyclic) bond motifs is 1. The topological polar surface area (TPSA) is 66.8 Å². The van der Waals surface area contributed by atoms with Gasteiger partial charge in [0.15, 0.2) is 5.78 Å². The summed E-state index contributed by atoms with van der Waals surface area (Å²) in [4.78, 5) is 12.4. The maximum Gasteiger partial charge on any atom is 0.193 e. The molecule has 2 N–H and O–H groups in total. The third-order valence-corrected chi connectivity index (χ3v) is 3.36. The van der Waals surface area contributed by atoms with Gasteiger partial charge in [-0.05, 0) is 23.8 Å². The predicted octanol–water partition coefficient (Wildman–Crippen LogP) is 3.40. The Morgan fingerprint density at radius 3 is 2.68 bits per heavy atom. The molecule has 0 atom stereocenters. The molecule has 1 aliphatic heterocycles. The van der Waals surface area contributed by atoms with Gasteiger partial charge in [-0.15, -0.1) is 0 Å². The number of allylic oxidation sites excluding steroid dienone is 1. The Balaban J connectivity index is 2.00. The van der Waals surface area contributed by atoms with E-state index in [9.17, 15) is 15.0 Å². The van der Waals surface area contributed by atoms with Gasteiger partial charge in [-0.3, -0.25) is 4.79 Å². The summed E-state index contributed by atoms with van der Waals surface area (Å²) >= 11 is 0. The Bertz CT molecular complexity index is 773. The minimum absolute atomic E-state index is 0.0596. The predicted molar refractivity (Wildman–Crippen MR) is 84.1 cm³/mol. The summed E-state index contributed by atoms with van der Waals surface area (Å²) in [5.74, 6) is -0.586. The minimum Gasteiger partial charge on any atom is -0.507 e. The van der Waals surface area contributed by atoms with Crippen LogP contribution in [0, 0.1) is 0 Å². The molecule has 0 bridgehead atoms. The van der Waals surface area contributed by atoms with E-state index in [0.717, 1.165) is 11.6 Å². The molecule has 0 spiro atoms. The molecule has 0 saturated carbocycles. The Morgan fingerprint density at radius 1 is 1.14 bits per heavy atom. The summed E-state index contributed by atoms with van der Waals surface area (Å²) in [6.45, 7) is 0.290. The van der Waals surface area contributed by atoms with Gasteiger partial charge in [0.25, 0.3) is 0 Å². The second kappa shape index (κ2) is 5.77. The summed E-state index contributed by atoms with van der Waals surface area (Å²) in [6.07, 6.45) is 6.45. The normalized spacial score (nSPS) is 12.9. The molecule has 0 amide bonds. The number of rotatable bonds is 3. The highest BCUT2D eigenvalue weighted by molar-refractivity contribution is 6.11. The zero-order valence-electron chi connectivity index (χ0n) is 11.7. The molecular formula is C18H14O4. The zero-order valence-corrected chi connectivity index (χ0v) is 11.7. The second-order valence-corrected chi connectivity index (χ2v) is 4.85. The van der Waals surface area contributed by atoms with Crippen LogP contribution in [0.4, 0.5) is 0 Å². The van der Waals surface area contributed by atoms with Crippen LogP contribution in [0.15, 0.2) is 48.6 Å². The third-order valence-electron chi connectivity index (χ3n) is 3.36. The first-order valence-corrected chi connectivity index (χ1v) is 6.82. The van der Waals surface area contributed by atoms with E-state index in [4.69, 9.17) is 4.74 Å². The van der Waals surface area contributed by atoms with Crippen molar-refractivity contribution in [2.24, 2.45) is 0 Å². The molecular weight excluding hydrogens is 280 g/mol. The van der Waals surface area contributed by atoms with Gasteiger partial charge in [0.1, 0.15) is 29.4 Å². The van der Waals surface area contributed by atoms with E-state index < -0.39 is 0 Å². The van der Waals surface area contributed by atoms with Crippen LogP contribution in [0.1, 0.15) is 21.5 Å². The average Bonchev–Trinajstić information content (AvgIpc) is 2.54. The van der Waals surface area contributed by atoms with E-state index in [1.807, 2.05) is 30.3 Å². The summed E-state index contributed by atoms with van der Waals surface area (Å²) < 4.78 is 5.43. The Labute approximate surface area is 127 Å². The van der Waals surface area contributed by atoms with Gasteiger partial charge in [0, 0.05) is 6.07 Å². The van der Waals surface area contributed by atoms with Crippen molar-refractivity contribution in [1.29, 1.82) is 0 Å². The van der Waals surface area contributed by atoms with Gasteiger partial charge >= 0.3 is 0 Å². The molecule has 1 aliphatic rings. The Hall–Kier alpha value is -3.01. The summed E-state index contributed by atoms with van der Waals surface area (Å²) in [7, 11) is 0. The van der Waals surface area contributed by atoms with Crippen LogP contribution in [-0.2, 0) is 0 Å². The number of hydrogen-bond donors (Lipinski definition) is 2. The van der Waals surface area contributed by atoms with Crippen LogP contribution in [0.25, 0.3) is 12.2 Å². The van der Waals surface area contributed by atoms with Crippen molar-refractivity contribution < 1.29 is 19.7 Å². The van der Waals surface area contributed by atoms with Crippen LogP contribution < -0.4 is 4.74 Å². The van der Waals surface area contributed by atoms with E-state index in [0.29, 0.717) is 12.2 Å². The molecule has 4 heteroatoms. The number of benzene rings is 2. The molecule has 22 heavy (non-hydrogen) atoms. The highest BCUT2D eigenvalue weighted by atomic mass is 16.5. The lowest BCUT2D eigenvalue weighted by Gasteiger charge is -2.17. The molecule has 0 unspecified atom stereocenters. The number of phenolic OH excluding ortho intramolecular Hbond substituents is 2. The quantitative estimate of drug-likeness (QED) is 0.672. The average molecular weight is 294 g/mol. The van der Waals surface area contributed by atoms with Crippen LogP contribution in [0.5, 0.6) is 17.2 Å². The number of hydrogen-bond acceptors (Lipinski definition) is 4. The van der Waals surface area contributed by atoms with Crippen molar-refractivity contribution in [3.05, 3.63) is 65.2 Å². The number of ether oxygens (including phenoxy) is 1. The molecule has 1 heterocycles. The van der Waals surface area contributed by atoms with Crippen LogP contribution in [-0.4, -0.2) is 22.6 Å². The van der Waals surface area contributed by atoms with E-state index in [2.05, 4.69) is 0 Å². The second-order valence-electron chi connectivity index (χ2n) is 4.85. The maximum absolute atomic E-state index is 12.4. The lowest BCUT2D eigenvalue weighted by Crippen LogP contribution is -2.07. The maximum atomic E-state index is 12.4. The number of aromatic hydroxyl groups is 2. The summed E-state index contributed by atoms with van der Waals surface area (Å²) in [5.41, 5.74) is 1.34. The molecule has 4 nitrogen and oxygen atoms in total. The molecule has 2 aromatic rings. The number of ketones is 1. The van der Waals surface area contributed by atoms with E-state index in [-0.39, 0.29) is 28.6 Å². The molecule has 2 aromatic carbocycles. The Kier molecular flexibility index (Phi) is 3.66. The van der Waals surface area contributed by atoms with Crippen molar-refractivity contribution in [3.8, 4) is 17.2 Å². The van der Waals surface area contributed by atoms with Gasteiger partial charge in [0.2, 0.25) is 0 Å². The fourth-order valence-electron chi connectivity index (χ4n) is 2.31. The lowest BCUT2D eigenvalue weighted by molar-refractivity contribution is 0.104. The highest BCUT2D eigenvalue weighted by Gasteiger charge is 2.23. The molecule has 0 aromatic heterocycles. The van der Waals surface area contributed by atoms with Gasteiger partial charge in [-0.1, -0.05) is 36.4 Å². The molecule has 0 fully saturated rings. The van der Waals surface area contributed by atoms with Gasteiger partial charge in [-0.2, -0.15) is 0 Å². The minimum atomic E-state index is -0.382. The molecule has 3 rings (SSSR count). The molecule has 0 aliphatic carbocycles. The first-order chi connectivity index (χ1) is 10.7. The van der Waals surface area contributed by atoms with Crippen molar-refractivity contribution in [2.45, 2.75) is 0 Å². The van der Waals surface area contributed by atoms with Gasteiger partial charge in [0.05, 0.1) is 5.56 Å². The van der Waals surface area contributed by atoms with Crippen LogP contribution >= 0.6 is 0 Å². The van der Waals surface area contributed by atoms with Crippen molar-refractivity contribution in [2.75, 3.05) is 6.61 Å². The van der Waals surface area contributed by atoms with Gasteiger partial charge < -0.3 is 14.9 Å². The van der Waals surface area contributed by atoms with Crippen molar-refractivity contribution >= 4 is 17.9 Å². The van der Waals surface area contributed by atoms with Crippen LogP contribution in [0.2, 0.25) is 0 Å². The van der Waals surface area contributed by atoms with E-state index in [1.165, 1.54) is 6.08 Å². The third kappa shape index (κ3) is 2.59. The van der Waals surface area contributed by atoms with Crippen molar-refractivity contribution in [1.82, 2.24) is 0 Å². The highest BCUT2D eigenvalue weighted by Crippen LogP contribution is 2.41. The smallest absolute Gasteiger partial charge is 0.193 e. The van der Waals surface area contributed by atoms with E-state index >= 15 is 0 Å². The number of carbonyl (C=O) groups is 1. The number of carbonyl (C=O) groups excluding carboxylic acids is 1. The molecule has 110 valence electrons. The Morgan fingerprint density at radius 2 is 1.91 bits per heavy atom.